The van der Waals surface area contributed by atoms with Gasteiger partial charge in [0.2, 0.25) is 0 Å². The number of benzene rings is 1. The number of rotatable bonds is 5. The number of carbonyl (C=O) groups excluding carboxylic acids is 2. The van der Waals surface area contributed by atoms with Crippen LogP contribution < -0.4 is 11.1 Å². The van der Waals surface area contributed by atoms with Gasteiger partial charge in [0.05, 0.1) is 11.8 Å². The maximum Gasteiger partial charge on any atom is 0.259 e. The average molecular weight is 489 g/mol. The van der Waals surface area contributed by atoms with Crippen molar-refractivity contribution < 1.29 is 14.7 Å². The minimum atomic E-state index is -0.297. The molecule has 0 radical (unpaired) electrons. The second-order valence-corrected chi connectivity index (χ2v) is 10.7. The van der Waals surface area contributed by atoms with Crippen molar-refractivity contribution in [2.24, 2.45) is 5.92 Å². The average Bonchev–Trinajstić information content (AvgIpc) is 3.57. The molecule has 3 aromatic rings. The van der Waals surface area contributed by atoms with Crippen LogP contribution in [0, 0.1) is 12.8 Å². The second kappa shape index (κ2) is 8.58. The number of nitrogen functional groups attached to an aromatic ring is 1. The maximum absolute atomic E-state index is 13.2. The molecule has 2 aliphatic carbocycles. The summed E-state index contributed by atoms with van der Waals surface area (Å²) in [5, 5.41) is 17.1. The van der Waals surface area contributed by atoms with E-state index in [1.165, 1.54) is 17.4 Å². The number of hydrogen-bond donors (Lipinski definition) is 3. The molecule has 0 unspecified atom stereocenters. The van der Waals surface area contributed by atoms with Gasteiger partial charge in [-0.1, -0.05) is 0 Å². The van der Waals surface area contributed by atoms with E-state index in [0.717, 1.165) is 35.1 Å². The Kier molecular flexibility index (Phi) is 5.48. The number of aliphatic hydroxyl groups is 1. The molecule has 9 heteroatoms. The van der Waals surface area contributed by atoms with E-state index in [1.807, 2.05) is 30.0 Å². The Hall–Kier alpha value is -3.46. The van der Waals surface area contributed by atoms with Crippen LogP contribution in [0.4, 0.5) is 5.82 Å². The molecule has 1 aliphatic heterocycles. The van der Waals surface area contributed by atoms with Crippen LogP contribution >= 0.6 is 0 Å². The number of aryl methyl sites for hydroxylation is 1. The van der Waals surface area contributed by atoms with Crippen molar-refractivity contribution in [3.8, 4) is 11.3 Å². The Labute approximate surface area is 209 Å². The number of carbonyl (C=O) groups is 2. The molecule has 0 spiro atoms. The zero-order valence-corrected chi connectivity index (χ0v) is 20.7. The summed E-state index contributed by atoms with van der Waals surface area (Å²) in [5.41, 5.74) is 11.2. The summed E-state index contributed by atoms with van der Waals surface area (Å²) < 4.78 is 1.53. The molecule has 1 atom stereocenters. The lowest BCUT2D eigenvalue weighted by Gasteiger charge is -2.26. The van der Waals surface area contributed by atoms with Crippen molar-refractivity contribution in [3.63, 3.8) is 0 Å². The van der Waals surface area contributed by atoms with E-state index < -0.39 is 0 Å². The number of aliphatic hydroxyl groups excluding tert-OH is 1. The third-order valence-electron chi connectivity index (χ3n) is 8.10. The van der Waals surface area contributed by atoms with Gasteiger partial charge < -0.3 is 21.1 Å². The first-order valence-electron chi connectivity index (χ1n) is 12.9. The van der Waals surface area contributed by atoms with Crippen molar-refractivity contribution in [2.45, 2.75) is 77.1 Å². The van der Waals surface area contributed by atoms with Crippen LogP contribution in [0.25, 0.3) is 16.9 Å². The third kappa shape index (κ3) is 3.91. The van der Waals surface area contributed by atoms with Crippen LogP contribution in [0.1, 0.15) is 77.3 Å². The van der Waals surface area contributed by atoms with Gasteiger partial charge in [-0.2, -0.15) is 0 Å². The summed E-state index contributed by atoms with van der Waals surface area (Å²) in [6.07, 6.45) is 6.67. The van der Waals surface area contributed by atoms with E-state index in [2.05, 4.69) is 17.3 Å². The van der Waals surface area contributed by atoms with Gasteiger partial charge in [-0.15, -0.1) is 5.10 Å². The monoisotopic (exact) mass is 488 g/mol. The molecule has 2 aromatic heterocycles. The lowest BCUT2D eigenvalue weighted by atomic mass is 9.93. The number of nitrogens with zero attached hydrogens (tertiary/aromatic N) is 4. The van der Waals surface area contributed by atoms with Gasteiger partial charge in [0.15, 0.2) is 11.5 Å². The zero-order valence-electron chi connectivity index (χ0n) is 20.7. The van der Waals surface area contributed by atoms with Gasteiger partial charge in [-0.25, -0.2) is 9.50 Å². The molecule has 3 aliphatic rings. The number of aromatic nitrogens is 3. The van der Waals surface area contributed by atoms with E-state index >= 15 is 0 Å². The van der Waals surface area contributed by atoms with Crippen molar-refractivity contribution >= 4 is 23.3 Å². The van der Waals surface area contributed by atoms with Gasteiger partial charge in [-0.3, -0.25) is 9.59 Å². The first-order valence-corrected chi connectivity index (χ1v) is 12.9. The zero-order chi connectivity index (χ0) is 25.1. The molecule has 0 saturated heterocycles. The van der Waals surface area contributed by atoms with Crippen molar-refractivity contribution in [1.29, 1.82) is 0 Å². The smallest absolute Gasteiger partial charge is 0.259 e. The third-order valence-corrected chi connectivity index (χ3v) is 8.10. The van der Waals surface area contributed by atoms with Crippen LogP contribution in [0.15, 0.2) is 24.4 Å². The van der Waals surface area contributed by atoms with Crippen molar-refractivity contribution in [3.05, 3.63) is 46.6 Å². The largest absolute Gasteiger partial charge is 0.393 e. The van der Waals surface area contributed by atoms with Gasteiger partial charge in [0.25, 0.3) is 11.8 Å². The van der Waals surface area contributed by atoms with E-state index in [-0.39, 0.29) is 41.4 Å². The normalized spacial score (nSPS) is 22.6. The summed E-state index contributed by atoms with van der Waals surface area (Å²) in [5.74, 6) is 0.569. The molecule has 1 aromatic carbocycles. The molecule has 0 bridgehead atoms. The lowest BCUT2D eigenvalue weighted by Crippen LogP contribution is -2.38. The first-order chi connectivity index (χ1) is 17.3. The fourth-order valence-electron chi connectivity index (χ4n) is 5.80. The predicted molar refractivity (Wildman–Crippen MR) is 135 cm³/mol. The molecule has 9 nitrogen and oxygen atoms in total. The molecule has 4 N–H and O–H groups in total. The highest BCUT2D eigenvalue weighted by Gasteiger charge is 2.39. The number of nitrogens with one attached hydrogen (secondary N) is 1. The fourth-order valence-corrected chi connectivity index (χ4v) is 5.80. The molecular formula is C27H32N6O3. The number of amides is 2. The summed E-state index contributed by atoms with van der Waals surface area (Å²) in [7, 11) is 0. The molecule has 188 valence electrons. The Bertz CT molecular complexity index is 1370. The summed E-state index contributed by atoms with van der Waals surface area (Å²) in [6.45, 7) is 4.74. The number of fused-ring (bicyclic) bond motifs is 2. The first kappa shape index (κ1) is 23.0. The Morgan fingerprint density at radius 3 is 2.67 bits per heavy atom. The summed E-state index contributed by atoms with van der Waals surface area (Å²) >= 11 is 0. The van der Waals surface area contributed by atoms with Crippen LogP contribution in [-0.2, 0) is 6.54 Å². The number of anilines is 1. The van der Waals surface area contributed by atoms with E-state index in [0.29, 0.717) is 36.6 Å². The molecule has 6 rings (SSSR count). The maximum atomic E-state index is 13.2. The van der Waals surface area contributed by atoms with Crippen molar-refractivity contribution in [1.82, 2.24) is 24.8 Å². The SMILES string of the molecule is Cc1cc(-c2ccn3nc(N)c(C(=O)NC4CCC(O)CC4)c3n2)cc2c1C(=O)N([C@@H](C)C1CC1)C2. The minimum Gasteiger partial charge on any atom is -0.393 e. The highest BCUT2D eigenvalue weighted by molar-refractivity contribution is 6.04. The van der Waals surface area contributed by atoms with E-state index in [9.17, 15) is 14.7 Å². The molecule has 36 heavy (non-hydrogen) atoms. The highest BCUT2D eigenvalue weighted by atomic mass is 16.3. The summed E-state index contributed by atoms with van der Waals surface area (Å²) in [4.78, 5) is 33.1. The molecule has 2 fully saturated rings. The molecule has 2 saturated carbocycles. The van der Waals surface area contributed by atoms with Crippen LogP contribution in [0.3, 0.4) is 0 Å². The Morgan fingerprint density at radius 2 is 1.94 bits per heavy atom. The van der Waals surface area contributed by atoms with Crippen molar-refractivity contribution in [2.75, 3.05) is 5.73 Å². The predicted octanol–water partition coefficient (Wildman–Crippen LogP) is 3.07. The van der Waals surface area contributed by atoms with Gasteiger partial charge in [0, 0.05) is 36.0 Å². The van der Waals surface area contributed by atoms with E-state index in [4.69, 9.17) is 10.7 Å². The highest BCUT2D eigenvalue weighted by Crippen LogP contribution is 2.39. The molecule has 3 heterocycles. The Morgan fingerprint density at radius 1 is 1.19 bits per heavy atom. The topological polar surface area (TPSA) is 126 Å². The minimum absolute atomic E-state index is 0.00342. The van der Waals surface area contributed by atoms with Crippen LogP contribution in [-0.4, -0.2) is 54.6 Å². The van der Waals surface area contributed by atoms with Crippen LogP contribution in [0.2, 0.25) is 0 Å². The second-order valence-electron chi connectivity index (χ2n) is 10.7. The van der Waals surface area contributed by atoms with Gasteiger partial charge in [0.1, 0.15) is 5.56 Å². The number of nitrogens with two attached hydrogens (primary N) is 1. The number of hydrogen-bond acceptors (Lipinski definition) is 6. The molecule has 2 amide bonds. The fraction of sp³-hybridized carbons (Fsp3) is 0.481. The van der Waals surface area contributed by atoms with Gasteiger partial charge in [-0.05, 0) is 87.6 Å². The van der Waals surface area contributed by atoms with E-state index in [1.54, 1.807) is 6.20 Å². The molecular weight excluding hydrogens is 456 g/mol. The van der Waals surface area contributed by atoms with Gasteiger partial charge >= 0.3 is 0 Å². The quantitative estimate of drug-likeness (QED) is 0.507. The summed E-state index contributed by atoms with van der Waals surface area (Å²) in [6, 6.07) is 6.15. The standard InChI is InChI=1S/C27H32N6O3/c1-14-11-17(12-18-13-32(27(36)22(14)18)15(2)16-3-4-16)21-9-10-33-25(30-21)23(24(28)31-33)26(35)29-19-5-7-20(34)8-6-19/h9-12,15-16,19-20,34H,3-8,13H2,1-2H3,(H2,28,31)(H,29,35)/t15-,19?,20?/m0/s1. The lowest BCUT2D eigenvalue weighted by molar-refractivity contribution is 0.0696. The van der Waals surface area contributed by atoms with Crippen LogP contribution in [0.5, 0.6) is 0 Å². The Balaban J connectivity index is 1.31.